The third-order valence-electron chi connectivity index (χ3n) is 2.65. The molecule has 0 aliphatic rings. The summed E-state index contributed by atoms with van der Waals surface area (Å²) < 4.78 is 0. The number of halogens is 1. The zero-order chi connectivity index (χ0) is 12.7. The lowest BCUT2D eigenvalue weighted by Crippen LogP contribution is -2.32. The number of rotatable bonds is 6. The molecule has 0 heterocycles. The number of hydrogen-bond donors (Lipinski definition) is 2. The van der Waals surface area contributed by atoms with E-state index < -0.39 is 0 Å². The molecule has 0 aliphatic heterocycles. The zero-order valence-corrected chi connectivity index (χ0v) is 12.2. The minimum absolute atomic E-state index is 0. The fourth-order valence-corrected chi connectivity index (χ4v) is 1.64. The second kappa shape index (κ2) is 8.95. The van der Waals surface area contributed by atoms with Gasteiger partial charge in [-0.25, -0.2) is 0 Å². The van der Waals surface area contributed by atoms with Crippen LogP contribution in [0.2, 0.25) is 0 Å². The molecule has 1 amide bonds. The van der Waals surface area contributed by atoms with Gasteiger partial charge in [0.05, 0.1) is 0 Å². The molecule has 102 valence electrons. The topological polar surface area (TPSA) is 41.1 Å². The van der Waals surface area contributed by atoms with Gasteiger partial charge in [-0.3, -0.25) is 4.79 Å². The summed E-state index contributed by atoms with van der Waals surface area (Å²) in [7, 11) is 0. The van der Waals surface area contributed by atoms with Crippen LogP contribution in [0.5, 0.6) is 0 Å². The fourth-order valence-electron chi connectivity index (χ4n) is 1.64. The lowest BCUT2D eigenvalue weighted by molar-refractivity contribution is 0.0953. The Morgan fingerprint density at radius 3 is 2.56 bits per heavy atom. The van der Waals surface area contributed by atoms with E-state index in [2.05, 4.69) is 17.6 Å². The summed E-state index contributed by atoms with van der Waals surface area (Å²) in [6, 6.07) is 5.94. The maximum atomic E-state index is 11.9. The van der Waals surface area contributed by atoms with E-state index >= 15 is 0 Å². The zero-order valence-electron chi connectivity index (χ0n) is 11.4. The van der Waals surface area contributed by atoms with Gasteiger partial charge >= 0.3 is 0 Å². The summed E-state index contributed by atoms with van der Waals surface area (Å²) in [5.74, 6) is 0.0181. The summed E-state index contributed by atoms with van der Waals surface area (Å²) in [5.41, 5.74) is 2.92. The molecule has 0 atom stereocenters. The van der Waals surface area contributed by atoms with Gasteiger partial charge in [0.15, 0.2) is 0 Å². The SMILES string of the molecule is CCCNCCNC(=O)c1cc(C)ccc1C.Cl. The third-order valence-corrected chi connectivity index (χ3v) is 2.65. The molecule has 2 N–H and O–H groups in total. The molecule has 0 saturated carbocycles. The van der Waals surface area contributed by atoms with Gasteiger partial charge in [0.25, 0.3) is 5.91 Å². The van der Waals surface area contributed by atoms with Crippen LogP contribution < -0.4 is 10.6 Å². The predicted molar refractivity (Wildman–Crippen MR) is 78.7 cm³/mol. The van der Waals surface area contributed by atoms with Crippen molar-refractivity contribution in [1.29, 1.82) is 0 Å². The fraction of sp³-hybridized carbons (Fsp3) is 0.500. The molecule has 0 unspecified atom stereocenters. The van der Waals surface area contributed by atoms with Gasteiger partial charge in [-0.1, -0.05) is 24.6 Å². The van der Waals surface area contributed by atoms with Gasteiger partial charge < -0.3 is 10.6 Å². The molecule has 1 rings (SSSR count). The molecular formula is C14H23ClN2O. The molecule has 0 bridgehead atoms. The Balaban J connectivity index is 0.00000289. The second-order valence-corrected chi connectivity index (χ2v) is 4.32. The molecule has 1 aromatic rings. The van der Waals surface area contributed by atoms with Crippen LogP contribution in [0.25, 0.3) is 0 Å². The Hall–Kier alpha value is -1.06. The van der Waals surface area contributed by atoms with Gasteiger partial charge in [-0.15, -0.1) is 12.4 Å². The van der Waals surface area contributed by atoms with E-state index in [1.165, 1.54) is 0 Å². The Kier molecular flexibility index (Phi) is 8.42. The smallest absolute Gasteiger partial charge is 0.251 e. The Morgan fingerprint density at radius 2 is 1.89 bits per heavy atom. The average Bonchev–Trinajstić information content (AvgIpc) is 2.32. The van der Waals surface area contributed by atoms with Crippen LogP contribution in [-0.2, 0) is 0 Å². The number of benzene rings is 1. The van der Waals surface area contributed by atoms with Crippen molar-refractivity contribution in [2.24, 2.45) is 0 Å². The quantitative estimate of drug-likeness (QED) is 0.780. The van der Waals surface area contributed by atoms with Crippen molar-refractivity contribution in [3.05, 3.63) is 34.9 Å². The lowest BCUT2D eigenvalue weighted by Gasteiger charge is -2.09. The standard InChI is InChI=1S/C14H22N2O.ClH/c1-4-7-15-8-9-16-14(17)13-10-11(2)5-6-12(13)3;/h5-6,10,15H,4,7-9H2,1-3H3,(H,16,17);1H. The number of aryl methyl sites for hydroxylation is 2. The first-order valence-electron chi connectivity index (χ1n) is 6.21. The largest absolute Gasteiger partial charge is 0.351 e. The molecule has 0 radical (unpaired) electrons. The maximum Gasteiger partial charge on any atom is 0.251 e. The van der Waals surface area contributed by atoms with E-state index in [0.29, 0.717) is 6.54 Å². The average molecular weight is 271 g/mol. The van der Waals surface area contributed by atoms with Crippen LogP contribution in [-0.4, -0.2) is 25.5 Å². The molecular weight excluding hydrogens is 248 g/mol. The molecule has 4 heteroatoms. The normalized spacial score (nSPS) is 9.72. The molecule has 0 fully saturated rings. The highest BCUT2D eigenvalue weighted by atomic mass is 35.5. The Labute approximate surface area is 116 Å². The van der Waals surface area contributed by atoms with Crippen molar-refractivity contribution in [3.63, 3.8) is 0 Å². The van der Waals surface area contributed by atoms with Crippen molar-refractivity contribution in [1.82, 2.24) is 10.6 Å². The summed E-state index contributed by atoms with van der Waals surface area (Å²) >= 11 is 0. The van der Waals surface area contributed by atoms with Gasteiger partial charge in [0.1, 0.15) is 0 Å². The van der Waals surface area contributed by atoms with Gasteiger partial charge in [-0.05, 0) is 38.4 Å². The molecule has 0 spiro atoms. The number of carbonyl (C=O) groups excluding carboxylic acids is 1. The van der Waals surface area contributed by atoms with Crippen LogP contribution in [0.4, 0.5) is 0 Å². The summed E-state index contributed by atoms with van der Waals surface area (Å²) in [6.07, 6.45) is 1.12. The molecule has 0 aliphatic carbocycles. The highest BCUT2D eigenvalue weighted by Gasteiger charge is 2.07. The number of hydrogen-bond acceptors (Lipinski definition) is 2. The third kappa shape index (κ3) is 5.52. The summed E-state index contributed by atoms with van der Waals surface area (Å²) in [6.45, 7) is 8.58. The van der Waals surface area contributed by atoms with Crippen LogP contribution in [0.15, 0.2) is 18.2 Å². The maximum absolute atomic E-state index is 11.9. The molecule has 1 aromatic carbocycles. The molecule has 18 heavy (non-hydrogen) atoms. The summed E-state index contributed by atoms with van der Waals surface area (Å²) in [4.78, 5) is 11.9. The van der Waals surface area contributed by atoms with Crippen LogP contribution in [0.3, 0.4) is 0 Å². The first-order chi connectivity index (χ1) is 8.15. The number of nitrogens with one attached hydrogen (secondary N) is 2. The Morgan fingerprint density at radius 1 is 1.17 bits per heavy atom. The monoisotopic (exact) mass is 270 g/mol. The van der Waals surface area contributed by atoms with E-state index in [1.807, 2.05) is 32.0 Å². The minimum atomic E-state index is 0. The highest BCUT2D eigenvalue weighted by Crippen LogP contribution is 2.10. The number of amides is 1. The van der Waals surface area contributed by atoms with Crippen molar-refractivity contribution in [2.75, 3.05) is 19.6 Å². The van der Waals surface area contributed by atoms with Crippen LogP contribution >= 0.6 is 12.4 Å². The highest BCUT2D eigenvalue weighted by molar-refractivity contribution is 5.95. The van der Waals surface area contributed by atoms with Crippen LogP contribution in [0.1, 0.15) is 34.8 Å². The van der Waals surface area contributed by atoms with Gasteiger partial charge in [0.2, 0.25) is 0 Å². The molecule has 0 aromatic heterocycles. The lowest BCUT2D eigenvalue weighted by atomic mass is 10.1. The van der Waals surface area contributed by atoms with Crippen molar-refractivity contribution >= 4 is 18.3 Å². The van der Waals surface area contributed by atoms with Crippen molar-refractivity contribution in [2.45, 2.75) is 27.2 Å². The van der Waals surface area contributed by atoms with Crippen molar-refractivity contribution < 1.29 is 4.79 Å². The second-order valence-electron chi connectivity index (χ2n) is 4.32. The van der Waals surface area contributed by atoms with E-state index in [4.69, 9.17) is 0 Å². The van der Waals surface area contributed by atoms with E-state index in [0.717, 1.165) is 36.2 Å². The predicted octanol–water partition coefficient (Wildman–Crippen LogP) is 2.45. The molecule has 0 saturated heterocycles. The van der Waals surface area contributed by atoms with Crippen LogP contribution in [0, 0.1) is 13.8 Å². The Bertz CT molecular complexity index is 380. The summed E-state index contributed by atoms with van der Waals surface area (Å²) in [5, 5.41) is 6.18. The van der Waals surface area contributed by atoms with Gasteiger partial charge in [0, 0.05) is 18.7 Å². The first kappa shape index (κ1) is 16.9. The first-order valence-corrected chi connectivity index (χ1v) is 6.21. The van der Waals surface area contributed by atoms with E-state index in [-0.39, 0.29) is 18.3 Å². The van der Waals surface area contributed by atoms with E-state index in [1.54, 1.807) is 0 Å². The molecule has 3 nitrogen and oxygen atoms in total. The number of carbonyl (C=O) groups is 1. The van der Waals surface area contributed by atoms with E-state index in [9.17, 15) is 4.79 Å². The minimum Gasteiger partial charge on any atom is -0.351 e. The van der Waals surface area contributed by atoms with Gasteiger partial charge in [-0.2, -0.15) is 0 Å². The van der Waals surface area contributed by atoms with Crippen molar-refractivity contribution in [3.8, 4) is 0 Å².